The third-order valence-electron chi connectivity index (χ3n) is 6.02. The Morgan fingerprint density at radius 3 is 2.26 bits per heavy atom. The van der Waals surface area contributed by atoms with Gasteiger partial charge >= 0.3 is 0 Å². The van der Waals surface area contributed by atoms with Crippen LogP contribution in [-0.2, 0) is 27.4 Å². The highest BCUT2D eigenvalue weighted by Crippen LogP contribution is 2.16. The van der Waals surface area contributed by atoms with Crippen LogP contribution in [-0.4, -0.2) is 48.4 Å². The second-order valence-corrected chi connectivity index (χ2v) is 10.0. The second kappa shape index (κ2) is 17.2. The summed E-state index contributed by atoms with van der Waals surface area (Å²) in [6.07, 6.45) is 9.20. The van der Waals surface area contributed by atoms with E-state index in [-0.39, 0.29) is 24.2 Å². The molecule has 0 aliphatic heterocycles. The number of carbonyl (C=O) groups excluding carboxylic acids is 2. The van der Waals surface area contributed by atoms with Gasteiger partial charge in [0.05, 0.1) is 13.1 Å². The molecular weight excluding hydrogens is 463 g/mol. The molecule has 0 radical (unpaired) electrons. The average Bonchev–Trinajstić information content (AvgIpc) is 3.37. The summed E-state index contributed by atoms with van der Waals surface area (Å²) in [6, 6.07) is 10.2. The van der Waals surface area contributed by atoms with Crippen molar-refractivity contribution < 1.29 is 18.7 Å². The van der Waals surface area contributed by atoms with Crippen LogP contribution >= 0.6 is 11.3 Å². The van der Waals surface area contributed by atoms with Crippen LogP contribution in [0.4, 0.5) is 4.39 Å². The SMILES string of the molecule is CCCCCCCCCC(=O)N(CCCOC)CC(=O)N(Cc1ccc(F)cc1)Cc1cccs1. The van der Waals surface area contributed by atoms with Crippen LogP contribution in [0.3, 0.4) is 0 Å². The van der Waals surface area contributed by atoms with Gasteiger partial charge in [-0.05, 0) is 42.0 Å². The molecule has 1 aromatic heterocycles. The molecule has 0 aliphatic rings. The molecule has 0 saturated heterocycles. The standard InChI is InChI=1S/C28H41FN2O3S/c1-3-4-5-6-7-8-9-13-27(32)30(18-11-19-34-2)23-28(33)31(22-26-12-10-20-35-26)21-24-14-16-25(29)17-15-24/h10,12,14-17,20H,3-9,11,13,18-19,21-23H2,1-2H3. The number of methoxy groups -OCH3 is 1. The van der Waals surface area contributed by atoms with E-state index >= 15 is 0 Å². The van der Waals surface area contributed by atoms with E-state index in [1.165, 1.54) is 37.8 Å². The van der Waals surface area contributed by atoms with E-state index in [4.69, 9.17) is 4.74 Å². The van der Waals surface area contributed by atoms with Gasteiger partial charge < -0.3 is 14.5 Å². The predicted octanol–water partition coefficient (Wildman–Crippen LogP) is 6.42. The molecule has 2 aromatic rings. The molecule has 2 amide bonds. The third kappa shape index (κ3) is 11.8. The van der Waals surface area contributed by atoms with Crippen LogP contribution in [0.5, 0.6) is 0 Å². The number of rotatable bonds is 18. The van der Waals surface area contributed by atoms with Crippen molar-refractivity contribution in [3.63, 3.8) is 0 Å². The van der Waals surface area contributed by atoms with Crippen molar-refractivity contribution in [2.24, 2.45) is 0 Å². The van der Waals surface area contributed by atoms with Gasteiger partial charge in [0, 0.05) is 38.1 Å². The van der Waals surface area contributed by atoms with Crippen LogP contribution in [0.1, 0.15) is 75.2 Å². The predicted molar refractivity (Wildman–Crippen MR) is 141 cm³/mol. The number of carbonyl (C=O) groups is 2. The van der Waals surface area contributed by atoms with Gasteiger partial charge in [0.15, 0.2) is 0 Å². The van der Waals surface area contributed by atoms with Gasteiger partial charge in [0.2, 0.25) is 11.8 Å². The van der Waals surface area contributed by atoms with Gasteiger partial charge in [-0.2, -0.15) is 0 Å². The van der Waals surface area contributed by atoms with Gasteiger partial charge in [-0.25, -0.2) is 4.39 Å². The fourth-order valence-electron chi connectivity index (χ4n) is 3.98. The number of hydrogen-bond donors (Lipinski definition) is 0. The summed E-state index contributed by atoms with van der Waals surface area (Å²) in [6.45, 7) is 4.13. The van der Waals surface area contributed by atoms with Crippen LogP contribution in [0.2, 0.25) is 0 Å². The van der Waals surface area contributed by atoms with Gasteiger partial charge in [0.1, 0.15) is 5.82 Å². The molecule has 5 nitrogen and oxygen atoms in total. The van der Waals surface area contributed by atoms with E-state index in [2.05, 4.69) is 6.92 Å². The Morgan fingerprint density at radius 2 is 1.60 bits per heavy atom. The van der Waals surface area contributed by atoms with Crippen molar-refractivity contribution in [2.45, 2.75) is 77.8 Å². The zero-order chi connectivity index (χ0) is 25.3. The number of unbranched alkanes of at least 4 members (excludes halogenated alkanes) is 6. The molecule has 0 fully saturated rings. The number of hydrogen-bond acceptors (Lipinski definition) is 4. The lowest BCUT2D eigenvalue weighted by Gasteiger charge is -2.28. The molecule has 35 heavy (non-hydrogen) atoms. The quantitative estimate of drug-likeness (QED) is 0.220. The molecule has 0 spiro atoms. The lowest BCUT2D eigenvalue weighted by atomic mass is 10.1. The Bertz CT molecular complexity index is 842. The average molecular weight is 505 g/mol. The number of benzene rings is 1. The largest absolute Gasteiger partial charge is 0.385 e. The summed E-state index contributed by atoms with van der Waals surface area (Å²) in [5.74, 6) is -0.376. The van der Waals surface area contributed by atoms with Gasteiger partial charge in [-0.1, -0.05) is 63.6 Å². The summed E-state index contributed by atoms with van der Waals surface area (Å²) in [5.41, 5.74) is 0.858. The minimum absolute atomic E-state index is 0.0286. The molecule has 2 rings (SSSR count). The summed E-state index contributed by atoms with van der Waals surface area (Å²) >= 11 is 1.59. The van der Waals surface area contributed by atoms with Crippen LogP contribution in [0, 0.1) is 5.82 Å². The summed E-state index contributed by atoms with van der Waals surface area (Å²) in [7, 11) is 1.64. The van der Waals surface area contributed by atoms with E-state index < -0.39 is 0 Å². The molecule has 0 atom stereocenters. The van der Waals surface area contributed by atoms with E-state index in [9.17, 15) is 14.0 Å². The third-order valence-corrected chi connectivity index (χ3v) is 6.88. The lowest BCUT2D eigenvalue weighted by Crippen LogP contribution is -2.43. The summed E-state index contributed by atoms with van der Waals surface area (Å²) in [4.78, 5) is 30.9. The highest BCUT2D eigenvalue weighted by molar-refractivity contribution is 7.09. The minimum atomic E-state index is -0.301. The summed E-state index contributed by atoms with van der Waals surface area (Å²) in [5, 5.41) is 1.98. The number of thiophene rings is 1. The van der Waals surface area contributed by atoms with Crippen molar-refractivity contribution in [3.05, 3.63) is 58.0 Å². The van der Waals surface area contributed by atoms with Crippen molar-refractivity contribution in [3.8, 4) is 0 Å². The molecule has 0 N–H and O–H groups in total. The fourth-order valence-corrected chi connectivity index (χ4v) is 4.70. The van der Waals surface area contributed by atoms with Crippen LogP contribution < -0.4 is 0 Å². The first kappa shape index (κ1) is 29.0. The smallest absolute Gasteiger partial charge is 0.242 e. The summed E-state index contributed by atoms with van der Waals surface area (Å²) < 4.78 is 18.5. The Hall–Kier alpha value is -2.25. The van der Waals surface area contributed by atoms with E-state index in [1.54, 1.807) is 40.4 Å². The maximum absolute atomic E-state index is 13.4. The maximum Gasteiger partial charge on any atom is 0.242 e. The monoisotopic (exact) mass is 504 g/mol. The molecule has 7 heteroatoms. The Balaban J connectivity index is 1.99. The zero-order valence-corrected chi connectivity index (χ0v) is 22.2. The van der Waals surface area contributed by atoms with E-state index in [1.807, 2.05) is 17.5 Å². The van der Waals surface area contributed by atoms with E-state index in [0.717, 1.165) is 29.7 Å². The molecule has 0 bridgehead atoms. The number of halogens is 1. The van der Waals surface area contributed by atoms with Crippen LogP contribution in [0.25, 0.3) is 0 Å². The molecule has 0 aliphatic carbocycles. The van der Waals surface area contributed by atoms with Gasteiger partial charge in [-0.15, -0.1) is 11.3 Å². The first-order valence-electron chi connectivity index (χ1n) is 12.8. The van der Waals surface area contributed by atoms with Crippen LogP contribution in [0.15, 0.2) is 41.8 Å². The molecule has 0 saturated carbocycles. The van der Waals surface area contributed by atoms with E-state index in [0.29, 0.717) is 39.1 Å². The van der Waals surface area contributed by atoms with Crippen molar-refractivity contribution in [1.29, 1.82) is 0 Å². The molecule has 0 unspecified atom stereocenters. The van der Waals surface area contributed by atoms with Crippen molar-refractivity contribution in [2.75, 3.05) is 26.8 Å². The first-order chi connectivity index (χ1) is 17.0. The van der Waals surface area contributed by atoms with Gasteiger partial charge in [0.25, 0.3) is 0 Å². The highest BCUT2D eigenvalue weighted by atomic mass is 32.1. The van der Waals surface area contributed by atoms with Gasteiger partial charge in [-0.3, -0.25) is 9.59 Å². The Morgan fingerprint density at radius 1 is 0.886 bits per heavy atom. The zero-order valence-electron chi connectivity index (χ0n) is 21.3. The first-order valence-corrected chi connectivity index (χ1v) is 13.7. The van der Waals surface area contributed by atoms with Crippen molar-refractivity contribution >= 4 is 23.2 Å². The molecular formula is C28H41FN2O3S. The molecule has 1 aromatic carbocycles. The minimum Gasteiger partial charge on any atom is -0.385 e. The molecule has 194 valence electrons. The highest BCUT2D eigenvalue weighted by Gasteiger charge is 2.22. The maximum atomic E-state index is 13.4. The Labute approximate surface area is 214 Å². The number of ether oxygens (including phenoxy) is 1. The fraction of sp³-hybridized carbons (Fsp3) is 0.571. The van der Waals surface area contributed by atoms with Crippen molar-refractivity contribution in [1.82, 2.24) is 9.80 Å². The normalized spacial score (nSPS) is 10.9. The molecule has 1 heterocycles. The topological polar surface area (TPSA) is 49.9 Å². The Kier molecular flexibility index (Phi) is 14.3. The second-order valence-electron chi connectivity index (χ2n) is 8.99. The lowest BCUT2D eigenvalue weighted by molar-refractivity contribution is -0.141. The number of nitrogens with zero attached hydrogens (tertiary/aromatic N) is 2. The number of amides is 2.